The molecule has 5 nitrogen and oxygen atoms in total. The molecule has 1 amide bonds. The van der Waals surface area contributed by atoms with Gasteiger partial charge >= 0.3 is 12.6 Å². The average Bonchev–Trinajstić information content (AvgIpc) is 2.67. The predicted molar refractivity (Wildman–Crippen MR) is 102 cm³/mol. The van der Waals surface area contributed by atoms with Gasteiger partial charge in [0.2, 0.25) is 0 Å². The van der Waals surface area contributed by atoms with Gasteiger partial charge in [0.25, 0.3) is 5.91 Å². The first-order valence-electron chi connectivity index (χ1n) is 8.70. The lowest BCUT2D eigenvalue weighted by Gasteiger charge is -2.12. The van der Waals surface area contributed by atoms with Gasteiger partial charge in [-0.2, -0.15) is 8.78 Å². The number of alkyl halides is 2. The molecule has 2 rings (SSSR count). The number of aryl methyl sites for hydroxylation is 1. The lowest BCUT2D eigenvalue weighted by atomic mass is 10.1. The Bertz CT molecular complexity index is 817. The molecule has 0 aromatic heterocycles. The molecular formula is C21H21F2NO4. The van der Waals surface area contributed by atoms with Crippen LogP contribution < -0.4 is 10.1 Å². The van der Waals surface area contributed by atoms with Crippen molar-refractivity contribution in [3.05, 3.63) is 65.7 Å². The maximum absolute atomic E-state index is 12.1. The Balaban J connectivity index is 1.85. The van der Waals surface area contributed by atoms with E-state index in [2.05, 4.69) is 10.1 Å². The summed E-state index contributed by atoms with van der Waals surface area (Å²) in [5, 5.41) is 2.68. The van der Waals surface area contributed by atoms with E-state index in [0.717, 1.165) is 18.1 Å². The third-order valence-corrected chi connectivity index (χ3v) is 3.81. The number of amides is 1. The molecule has 148 valence electrons. The third-order valence-electron chi connectivity index (χ3n) is 3.81. The molecule has 0 aliphatic carbocycles. The van der Waals surface area contributed by atoms with E-state index in [9.17, 15) is 18.4 Å². The monoisotopic (exact) mass is 389 g/mol. The normalized spacial score (nSPS) is 12.0. The van der Waals surface area contributed by atoms with E-state index in [0.29, 0.717) is 11.3 Å². The van der Waals surface area contributed by atoms with Crippen molar-refractivity contribution in [2.24, 2.45) is 0 Å². The van der Waals surface area contributed by atoms with Crippen molar-refractivity contribution in [3.8, 4) is 5.75 Å². The molecule has 1 N–H and O–H groups in total. The summed E-state index contributed by atoms with van der Waals surface area (Å²) in [4.78, 5) is 24.0. The zero-order valence-corrected chi connectivity index (χ0v) is 15.5. The van der Waals surface area contributed by atoms with Crippen LogP contribution in [0.15, 0.2) is 54.6 Å². The van der Waals surface area contributed by atoms with Gasteiger partial charge in [0.05, 0.1) is 0 Å². The van der Waals surface area contributed by atoms with E-state index < -0.39 is 24.6 Å². The average molecular weight is 389 g/mol. The van der Waals surface area contributed by atoms with E-state index in [-0.39, 0.29) is 5.75 Å². The van der Waals surface area contributed by atoms with Gasteiger partial charge < -0.3 is 14.8 Å². The van der Waals surface area contributed by atoms with Crippen molar-refractivity contribution in [1.82, 2.24) is 0 Å². The maximum Gasteiger partial charge on any atom is 0.387 e. The van der Waals surface area contributed by atoms with E-state index in [4.69, 9.17) is 4.74 Å². The first-order valence-corrected chi connectivity index (χ1v) is 8.70. The Hall–Kier alpha value is -3.22. The number of hydrogen-bond donors (Lipinski definition) is 1. The van der Waals surface area contributed by atoms with E-state index in [1.807, 2.05) is 19.1 Å². The minimum Gasteiger partial charge on any atom is -0.449 e. The van der Waals surface area contributed by atoms with Gasteiger partial charge in [-0.05, 0) is 54.8 Å². The first-order chi connectivity index (χ1) is 13.4. The van der Waals surface area contributed by atoms with Crippen LogP contribution in [0.3, 0.4) is 0 Å². The number of benzene rings is 2. The van der Waals surface area contributed by atoms with Crippen molar-refractivity contribution in [2.75, 3.05) is 5.32 Å². The molecular weight excluding hydrogens is 368 g/mol. The molecule has 2 aromatic carbocycles. The number of ether oxygens (including phenoxy) is 2. The number of esters is 1. The quantitative estimate of drug-likeness (QED) is 0.536. The van der Waals surface area contributed by atoms with Crippen LogP contribution in [0.5, 0.6) is 5.75 Å². The molecule has 0 aliphatic rings. The van der Waals surface area contributed by atoms with Crippen molar-refractivity contribution in [1.29, 1.82) is 0 Å². The largest absolute Gasteiger partial charge is 0.449 e. The molecule has 0 saturated heterocycles. The molecule has 0 radical (unpaired) electrons. The Kier molecular flexibility index (Phi) is 7.68. The first kappa shape index (κ1) is 21.1. The van der Waals surface area contributed by atoms with Crippen LogP contribution in [0.4, 0.5) is 14.5 Å². The molecule has 1 unspecified atom stereocenters. The van der Waals surface area contributed by atoms with Gasteiger partial charge in [-0.25, -0.2) is 4.79 Å². The smallest absolute Gasteiger partial charge is 0.387 e. The summed E-state index contributed by atoms with van der Waals surface area (Å²) >= 11 is 0. The minimum absolute atomic E-state index is 0.0204. The minimum atomic E-state index is -2.89. The van der Waals surface area contributed by atoms with Crippen LogP contribution in [0.1, 0.15) is 25.0 Å². The molecule has 0 heterocycles. The molecule has 0 saturated carbocycles. The molecule has 0 spiro atoms. The fraction of sp³-hybridized carbons (Fsp3) is 0.238. The Morgan fingerprint density at radius 1 is 1.07 bits per heavy atom. The van der Waals surface area contributed by atoms with Crippen LogP contribution >= 0.6 is 0 Å². The van der Waals surface area contributed by atoms with Gasteiger partial charge in [0.1, 0.15) is 5.75 Å². The summed E-state index contributed by atoms with van der Waals surface area (Å²) in [7, 11) is 0. The van der Waals surface area contributed by atoms with Crippen LogP contribution in [-0.4, -0.2) is 24.6 Å². The number of nitrogens with one attached hydrogen (secondary N) is 1. The highest BCUT2D eigenvalue weighted by molar-refractivity contribution is 5.96. The van der Waals surface area contributed by atoms with Gasteiger partial charge in [-0.15, -0.1) is 0 Å². The Morgan fingerprint density at radius 2 is 1.71 bits per heavy atom. The number of halogens is 2. The zero-order valence-electron chi connectivity index (χ0n) is 15.5. The zero-order chi connectivity index (χ0) is 20.5. The molecule has 28 heavy (non-hydrogen) atoms. The second-order valence-corrected chi connectivity index (χ2v) is 5.90. The summed E-state index contributed by atoms with van der Waals surface area (Å²) in [6.07, 6.45) is 2.52. The van der Waals surface area contributed by atoms with Gasteiger partial charge in [0.15, 0.2) is 6.10 Å². The summed E-state index contributed by atoms with van der Waals surface area (Å²) in [5.41, 5.74) is 2.36. The van der Waals surface area contributed by atoms with Crippen LogP contribution in [0, 0.1) is 0 Å². The number of carbonyl (C=O) groups is 2. The summed E-state index contributed by atoms with van der Waals surface area (Å²) in [5.74, 6) is -1.12. The van der Waals surface area contributed by atoms with Crippen molar-refractivity contribution in [2.45, 2.75) is 33.0 Å². The van der Waals surface area contributed by atoms with E-state index >= 15 is 0 Å². The topological polar surface area (TPSA) is 64.6 Å². The van der Waals surface area contributed by atoms with Crippen LogP contribution in [-0.2, 0) is 20.7 Å². The van der Waals surface area contributed by atoms with Crippen molar-refractivity contribution < 1.29 is 27.8 Å². The highest BCUT2D eigenvalue weighted by Gasteiger charge is 2.16. The van der Waals surface area contributed by atoms with Crippen molar-refractivity contribution in [3.63, 3.8) is 0 Å². The highest BCUT2D eigenvalue weighted by atomic mass is 19.3. The SMILES string of the molecule is CCc1ccc(NC(=O)C(C)OC(=O)/C=C/c2ccc(OC(F)F)cc2)cc1. The van der Waals surface area contributed by atoms with Crippen LogP contribution in [0.25, 0.3) is 6.08 Å². The second-order valence-electron chi connectivity index (χ2n) is 5.90. The van der Waals surface area contributed by atoms with Gasteiger partial charge in [0, 0.05) is 11.8 Å². The van der Waals surface area contributed by atoms with Gasteiger partial charge in [-0.3, -0.25) is 4.79 Å². The third kappa shape index (κ3) is 6.83. The molecule has 1 atom stereocenters. The number of hydrogen-bond acceptors (Lipinski definition) is 4. The summed E-state index contributed by atoms with van der Waals surface area (Å²) in [6, 6.07) is 13.1. The van der Waals surface area contributed by atoms with Crippen LogP contribution in [0.2, 0.25) is 0 Å². The molecule has 7 heteroatoms. The lowest BCUT2D eigenvalue weighted by molar-refractivity contribution is -0.148. The number of anilines is 1. The van der Waals surface area contributed by atoms with Gasteiger partial charge in [-0.1, -0.05) is 31.2 Å². The standard InChI is InChI=1S/C21H21F2NO4/c1-3-15-4-9-17(10-5-15)24-20(26)14(2)27-19(25)13-8-16-6-11-18(12-7-16)28-21(22)23/h4-14,21H,3H2,1-2H3,(H,24,26)/b13-8+. The van der Waals surface area contributed by atoms with E-state index in [1.165, 1.54) is 37.3 Å². The Labute approximate surface area is 162 Å². The van der Waals surface area contributed by atoms with Crippen molar-refractivity contribution >= 4 is 23.6 Å². The highest BCUT2D eigenvalue weighted by Crippen LogP contribution is 2.16. The summed E-state index contributed by atoms with van der Waals surface area (Å²) < 4.78 is 33.5. The predicted octanol–water partition coefficient (Wildman–Crippen LogP) is 4.43. The fourth-order valence-electron chi connectivity index (χ4n) is 2.26. The lowest BCUT2D eigenvalue weighted by Crippen LogP contribution is -2.29. The Morgan fingerprint density at radius 3 is 2.29 bits per heavy atom. The van der Waals surface area contributed by atoms with E-state index in [1.54, 1.807) is 12.1 Å². The number of rotatable bonds is 8. The fourth-order valence-corrected chi connectivity index (χ4v) is 2.26. The number of carbonyl (C=O) groups excluding carboxylic acids is 2. The molecule has 0 aliphatic heterocycles. The molecule has 0 fully saturated rings. The second kappa shape index (κ2) is 10.2. The molecule has 0 bridgehead atoms. The summed E-state index contributed by atoms with van der Waals surface area (Å²) in [6.45, 7) is 0.611. The molecule has 2 aromatic rings. The maximum atomic E-state index is 12.1.